The summed E-state index contributed by atoms with van der Waals surface area (Å²) in [5.41, 5.74) is -1.20. The maximum absolute atomic E-state index is 14.6. The number of alkyl carbamates (subject to hydrolysis) is 1. The second-order valence-corrected chi connectivity index (χ2v) is 19.3. The average molecular weight is 1000 g/mol. The number of anilines is 1. The number of benzene rings is 3. The van der Waals surface area contributed by atoms with Gasteiger partial charge in [0.15, 0.2) is 5.82 Å². The molecular weight excluding hydrogens is 946 g/mol. The molecule has 3 aromatic carbocycles. The number of hydrogen-bond donors (Lipinski definition) is 6. The second kappa shape index (κ2) is 21.8. The molecule has 1 aromatic heterocycles. The van der Waals surface area contributed by atoms with Crippen LogP contribution in [0.1, 0.15) is 99.4 Å². The SMILES string of the molecule is CN(C)C1CCC(NC(=O)c2ccc(-c3ccc(CC(NC(=O)C4CCC(CNC(=O)OC(C)(C)C)CC4)C(=O)Nc4ccc(-c5n[nH]c(C(F)(F)C(F)(F)C(=O)O)n5)cc4)cc3)c(C(F)(F)F)c2)CC1. The molecule has 4 amide bonds. The van der Waals surface area contributed by atoms with Gasteiger partial charge in [-0.15, -0.1) is 0 Å². The lowest BCUT2D eigenvalue weighted by atomic mass is 9.81. The Morgan fingerprint density at radius 3 is 2.01 bits per heavy atom. The number of carboxylic acid groups (broad SMARTS) is 1. The predicted molar refractivity (Wildman–Crippen MR) is 246 cm³/mol. The smallest absolute Gasteiger partial charge is 0.417 e. The Morgan fingerprint density at radius 1 is 0.817 bits per heavy atom. The van der Waals surface area contributed by atoms with Gasteiger partial charge in [0.05, 0.1) is 5.56 Å². The summed E-state index contributed by atoms with van der Waals surface area (Å²) in [5, 5.41) is 24.9. The summed E-state index contributed by atoms with van der Waals surface area (Å²) in [6.45, 7) is 5.58. The topological polar surface area (TPSA) is 208 Å². The van der Waals surface area contributed by atoms with E-state index in [2.05, 4.69) is 36.2 Å². The van der Waals surface area contributed by atoms with Crippen LogP contribution in [0.2, 0.25) is 0 Å². The number of rotatable bonds is 16. The normalized spacial score (nSPS) is 19.3. The molecule has 2 fully saturated rings. The highest BCUT2D eigenvalue weighted by atomic mass is 19.4. The Labute approximate surface area is 405 Å². The Hall–Kier alpha value is -6.58. The molecule has 384 valence electrons. The maximum Gasteiger partial charge on any atom is 0.417 e. The zero-order valence-corrected chi connectivity index (χ0v) is 39.7. The van der Waals surface area contributed by atoms with Crippen LogP contribution in [-0.2, 0) is 37.6 Å². The summed E-state index contributed by atoms with van der Waals surface area (Å²) in [4.78, 5) is 69.4. The Balaban J connectivity index is 1.17. The zero-order valence-electron chi connectivity index (χ0n) is 39.7. The van der Waals surface area contributed by atoms with Gasteiger partial charge < -0.3 is 36.0 Å². The van der Waals surface area contributed by atoms with Crippen LogP contribution < -0.4 is 21.3 Å². The molecule has 0 bridgehead atoms. The van der Waals surface area contributed by atoms with Crippen LogP contribution in [-0.4, -0.2) is 105 Å². The highest BCUT2D eigenvalue weighted by Crippen LogP contribution is 2.42. The number of nitrogens with one attached hydrogen (secondary N) is 5. The third-order valence-electron chi connectivity index (χ3n) is 12.7. The first-order valence-corrected chi connectivity index (χ1v) is 23.1. The fourth-order valence-corrected chi connectivity index (χ4v) is 8.65. The van der Waals surface area contributed by atoms with Crippen molar-refractivity contribution in [2.75, 3.05) is 26.0 Å². The van der Waals surface area contributed by atoms with Crippen LogP contribution in [0.25, 0.3) is 22.5 Å². The van der Waals surface area contributed by atoms with Crippen molar-refractivity contribution in [2.24, 2.45) is 11.8 Å². The van der Waals surface area contributed by atoms with E-state index in [0.29, 0.717) is 56.7 Å². The van der Waals surface area contributed by atoms with E-state index in [-0.39, 0.29) is 46.3 Å². The molecular formula is C49H57F7N8O7. The molecule has 6 rings (SSSR count). The van der Waals surface area contributed by atoms with Crippen LogP contribution in [0.4, 0.5) is 41.2 Å². The van der Waals surface area contributed by atoms with Crippen molar-refractivity contribution in [2.45, 2.75) is 120 Å². The highest BCUT2D eigenvalue weighted by Gasteiger charge is 2.65. The lowest BCUT2D eigenvalue weighted by Crippen LogP contribution is -2.48. The lowest BCUT2D eigenvalue weighted by Gasteiger charge is -2.33. The number of aliphatic carboxylic acids is 1. The Kier molecular flexibility index (Phi) is 16.5. The van der Waals surface area contributed by atoms with Crippen LogP contribution in [0.5, 0.6) is 0 Å². The van der Waals surface area contributed by atoms with E-state index < -0.39 is 82.6 Å². The molecule has 2 aliphatic rings. The zero-order chi connectivity index (χ0) is 52.1. The van der Waals surface area contributed by atoms with Crippen molar-refractivity contribution in [3.63, 3.8) is 0 Å². The summed E-state index contributed by atoms with van der Waals surface area (Å²) >= 11 is 0. The van der Waals surface area contributed by atoms with Gasteiger partial charge in [0.2, 0.25) is 17.6 Å². The molecule has 71 heavy (non-hydrogen) atoms. The Morgan fingerprint density at radius 2 is 1.44 bits per heavy atom. The number of halogens is 7. The molecule has 4 aromatic rings. The van der Waals surface area contributed by atoms with Gasteiger partial charge in [-0.2, -0.15) is 35.8 Å². The van der Waals surface area contributed by atoms with Crippen LogP contribution in [0.15, 0.2) is 66.7 Å². The predicted octanol–water partition coefficient (Wildman–Crippen LogP) is 8.57. The third-order valence-corrected chi connectivity index (χ3v) is 12.7. The maximum atomic E-state index is 14.6. The number of carbonyl (C=O) groups excluding carboxylic acids is 4. The van der Waals surface area contributed by atoms with Crippen LogP contribution in [0, 0.1) is 11.8 Å². The molecule has 6 N–H and O–H groups in total. The molecule has 0 radical (unpaired) electrons. The van der Waals surface area contributed by atoms with Gasteiger partial charge in [-0.1, -0.05) is 30.3 Å². The monoisotopic (exact) mass is 1000 g/mol. The molecule has 22 heteroatoms. The number of amides is 4. The number of carbonyl (C=O) groups is 5. The first-order chi connectivity index (χ1) is 33.2. The molecule has 0 aliphatic heterocycles. The fraction of sp³-hybridized carbons (Fsp3) is 0.490. The molecule has 2 aliphatic carbocycles. The molecule has 1 heterocycles. The molecule has 0 saturated heterocycles. The minimum absolute atomic E-state index is 0.0197. The summed E-state index contributed by atoms with van der Waals surface area (Å²) < 4.78 is 105. The first-order valence-electron chi connectivity index (χ1n) is 23.1. The quantitative estimate of drug-likeness (QED) is 0.0590. The molecule has 0 spiro atoms. The fourth-order valence-electron chi connectivity index (χ4n) is 8.65. The van der Waals surface area contributed by atoms with Crippen molar-refractivity contribution in [1.82, 2.24) is 36.0 Å². The number of H-pyrrole nitrogens is 1. The number of carboxylic acids is 1. The largest absolute Gasteiger partial charge is 0.477 e. The number of hydrogen-bond acceptors (Lipinski definition) is 9. The summed E-state index contributed by atoms with van der Waals surface area (Å²) in [5.74, 6) is -18.1. The first kappa shape index (κ1) is 53.8. The van der Waals surface area contributed by atoms with Gasteiger partial charge in [0.25, 0.3) is 5.91 Å². The van der Waals surface area contributed by atoms with Crippen molar-refractivity contribution in [3.8, 4) is 22.5 Å². The van der Waals surface area contributed by atoms with E-state index in [9.17, 15) is 54.7 Å². The number of alkyl halides is 7. The summed E-state index contributed by atoms with van der Waals surface area (Å²) in [6, 6.07) is 13.5. The molecule has 2 saturated carbocycles. The number of nitrogens with zero attached hydrogens (tertiary/aromatic N) is 3. The van der Waals surface area contributed by atoms with Gasteiger partial charge >= 0.3 is 30.1 Å². The summed E-state index contributed by atoms with van der Waals surface area (Å²) in [7, 11) is 3.96. The second-order valence-electron chi connectivity index (χ2n) is 19.3. The third kappa shape index (κ3) is 13.6. The minimum atomic E-state index is -5.50. The number of aromatic amines is 1. The van der Waals surface area contributed by atoms with E-state index in [4.69, 9.17) is 9.84 Å². The summed E-state index contributed by atoms with van der Waals surface area (Å²) in [6.07, 6.45) is -0.321. The molecule has 1 atom stereocenters. The molecule has 15 nitrogen and oxygen atoms in total. The standard InChI is InChI=1S/C49H57F7N8O7/c1-46(2,3)71-45(70)57-26-28-8-12-31(13-9-28)40(65)60-38(42(67)59-33-17-14-30(15-18-33)39-61-43(63-62-39)47(50,51)48(52,53)44(68)69)24-27-6-10-29(11-7-27)36-23-16-32(25-37(36)49(54,55)56)41(66)58-34-19-21-35(22-20-34)64(4)5/h6-7,10-11,14-18,23,25,28,31,34-35,38H,8-9,12-13,19-22,24,26H2,1-5H3,(H,57,70)(H,58,66)(H,59,67)(H,60,65)(H,68,69)(H,61,62,63). The average Bonchev–Trinajstić information content (AvgIpc) is 3.82. The minimum Gasteiger partial charge on any atom is -0.477 e. The van der Waals surface area contributed by atoms with Crippen molar-refractivity contribution >= 4 is 35.5 Å². The van der Waals surface area contributed by atoms with E-state index in [0.717, 1.165) is 18.9 Å². The van der Waals surface area contributed by atoms with Crippen molar-refractivity contribution in [3.05, 3.63) is 89.2 Å². The van der Waals surface area contributed by atoms with E-state index in [1.54, 1.807) is 25.9 Å². The Bertz CT molecular complexity index is 2530. The van der Waals surface area contributed by atoms with Gasteiger partial charge in [-0.05, 0) is 145 Å². The van der Waals surface area contributed by atoms with Gasteiger partial charge in [-0.3, -0.25) is 19.5 Å². The van der Waals surface area contributed by atoms with E-state index in [1.807, 2.05) is 14.1 Å². The number of aromatic nitrogens is 3. The highest BCUT2D eigenvalue weighted by molar-refractivity contribution is 5.98. The molecule has 1 unspecified atom stereocenters. The van der Waals surface area contributed by atoms with Crippen molar-refractivity contribution < 1.29 is 64.5 Å². The van der Waals surface area contributed by atoms with Gasteiger partial charge in [0, 0.05) is 47.8 Å². The van der Waals surface area contributed by atoms with Gasteiger partial charge in [-0.25, -0.2) is 14.6 Å². The lowest BCUT2D eigenvalue weighted by molar-refractivity contribution is -0.231. The van der Waals surface area contributed by atoms with Crippen LogP contribution in [0.3, 0.4) is 0 Å². The number of ether oxygens (including phenoxy) is 1. The van der Waals surface area contributed by atoms with Crippen LogP contribution >= 0.6 is 0 Å². The van der Waals surface area contributed by atoms with E-state index >= 15 is 0 Å². The van der Waals surface area contributed by atoms with Crippen molar-refractivity contribution in [1.29, 1.82) is 0 Å². The van der Waals surface area contributed by atoms with Gasteiger partial charge in [0.1, 0.15) is 11.6 Å². The van der Waals surface area contributed by atoms with E-state index in [1.165, 1.54) is 60.7 Å².